The van der Waals surface area contributed by atoms with Gasteiger partial charge in [0.05, 0.1) is 0 Å². The minimum Gasteiger partial charge on any atom is -0.348 e. The number of rotatable bonds is 2. The zero-order chi connectivity index (χ0) is 11.5. The maximum atomic E-state index is 13.3. The Morgan fingerprint density at radius 2 is 2.06 bits per heavy atom. The molecule has 0 bridgehead atoms. The van der Waals surface area contributed by atoms with Crippen molar-refractivity contribution in [3.05, 3.63) is 35.4 Å². The summed E-state index contributed by atoms with van der Waals surface area (Å²) < 4.78 is 26.5. The van der Waals surface area contributed by atoms with Crippen molar-refractivity contribution >= 4 is 5.91 Å². The lowest BCUT2D eigenvalue weighted by atomic mass is 10.1. The predicted octanol–water partition coefficient (Wildman–Crippen LogP) is 1.06. The minimum absolute atomic E-state index is 0.0495. The highest BCUT2D eigenvalue weighted by molar-refractivity contribution is 5.94. The highest BCUT2D eigenvalue weighted by Crippen LogP contribution is 2.12. The standard InChI is InChI=1S/C11H12F2N2O/c12-8-2-1-3-9(13)10(8)11(16)15-7-4-5-14-6-7/h1-3,7,14H,4-6H2,(H,15,16)/t7-/m1/s1. The van der Waals surface area contributed by atoms with Gasteiger partial charge in [-0.2, -0.15) is 0 Å². The molecular weight excluding hydrogens is 214 g/mol. The fraction of sp³-hybridized carbons (Fsp3) is 0.364. The molecule has 0 unspecified atom stereocenters. The summed E-state index contributed by atoms with van der Waals surface area (Å²) in [7, 11) is 0. The fourth-order valence-electron chi connectivity index (χ4n) is 1.75. The van der Waals surface area contributed by atoms with E-state index in [0.29, 0.717) is 6.54 Å². The first-order chi connectivity index (χ1) is 7.68. The molecule has 2 N–H and O–H groups in total. The molecule has 3 nitrogen and oxygen atoms in total. The van der Waals surface area contributed by atoms with Crippen LogP contribution in [0, 0.1) is 11.6 Å². The number of benzene rings is 1. The summed E-state index contributed by atoms with van der Waals surface area (Å²) in [5.74, 6) is -2.35. The number of amides is 1. The molecular formula is C11H12F2N2O. The van der Waals surface area contributed by atoms with Crippen molar-refractivity contribution in [3.8, 4) is 0 Å². The zero-order valence-corrected chi connectivity index (χ0v) is 8.59. The highest BCUT2D eigenvalue weighted by Gasteiger charge is 2.21. The second kappa shape index (κ2) is 4.57. The van der Waals surface area contributed by atoms with Gasteiger partial charge in [-0.1, -0.05) is 6.07 Å². The van der Waals surface area contributed by atoms with Gasteiger partial charge < -0.3 is 10.6 Å². The van der Waals surface area contributed by atoms with E-state index in [9.17, 15) is 13.6 Å². The summed E-state index contributed by atoms with van der Waals surface area (Å²) in [4.78, 5) is 11.6. The number of nitrogens with one attached hydrogen (secondary N) is 2. The summed E-state index contributed by atoms with van der Waals surface area (Å²) in [5.41, 5.74) is -0.505. The molecule has 0 saturated carbocycles. The Bertz CT molecular complexity index is 383. The van der Waals surface area contributed by atoms with Crippen LogP contribution in [0.1, 0.15) is 16.8 Å². The van der Waals surface area contributed by atoms with Crippen molar-refractivity contribution in [1.29, 1.82) is 0 Å². The lowest BCUT2D eigenvalue weighted by molar-refractivity contribution is 0.0931. The maximum absolute atomic E-state index is 13.3. The maximum Gasteiger partial charge on any atom is 0.257 e. The van der Waals surface area contributed by atoms with Gasteiger partial charge >= 0.3 is 0 Å². The molecule has 1 aromatic rings. The van der Waals surface area contributed by atoms with Crippen molar-refractivity contribution < 1.29 is 13.6 Å². The van der Waals surface area contributed by atoms with E-state index in [0.717, 1.165) is 25.1 Å². The highest BCUT2D eigenvalue weighted by atomic mass is 19.1. The number of halogens is 2. The fourth-order valence-corrected chi connectivity index (χ4v) is 1.75. The van der Waals surface area contributed by atoms with Gasteiger partial charge in [0, 0.05) is 12.6 Å². The van der Waals surface area contributed by atoms with Gasteiger partial charge in [-0.15, -0.1) is 0 Å². The molecule has 1 amide bonds. The quantitative estimate of drug-likeness (QED) is 0.791. The van der Waals surface area contributed by atoms with E-state index in [1.807, 2.05) is 0 Å². The molecule has 1 aromatic carbocycles. The van der Waals surface area contributed by atoms with Crippen LogP contribution in [0.5, 0.6) is 0 Å². The molecule has 1 saturated heterocycles. The molecule has 1 atom stereocenters. The van der Waals surface area contributed by atoms with Gasteiger partial charge in [0.25, 0.3) is 5.91 Å². The van der Waals surface area contributed by atoms with E-state index in [-0.39, 0.29) is 6.04 Å². The van der Waals surface area contributed by atoms with Gasteiger partial charge in [-0.3, -0.25) is 4.79 Å². The van der Waals surface area contributed by atoms with Gasteiger partial charge in [-0.05, 0) is 25.1 Å². The zero-order valence-electron chi connectivity index (χ0n) is 8.59. The first kappa shape index (κ1) is 11.0. The van der Waals surface area contributed by atoms with Crippen LogP contribution in [0.2, 0.25) is 0 Å². The van der Waals surface area contributed by atoms with Crippen LogP contribution in [0.3, 0.4) is 0 Å². The monoisotopic (exact) mass is 226 g/mol. The van der Waals surface area contributed by atoms with Crippen LogP contribution in [0.25, 0.3) is 0 Å². The Hall–Kier alpha value is -1.49. The Kier molecular flexibility index (Phi) is 3.14. The Morgan fingerprint density at radius 3 is 2.62 bits per heavy atom. The van der Waals surface area contributed by atoms with Crippen LogP contribution in [-0.2, 0) is 0 Å². The molecule has 2 rings (SSSR count). The molecule has 1 heterocycles. The van der Waals surface area contributed by atoms with Crippen LogP contribution in [-0.4, -0.2) is 25.0 Å². The number of carbonyl (C=O) groups is 1. The average Bonchev–Trinajstić information content (AvgIpc) is 2.70. The van der Waals surface area contributed by atoms with Gasteiger partial charge in [0.15, 0.2) is 0 Å². The van der Waals surface area contributed by atoms with E-state index in [1.54, 1.807) is 0 Å². The molecule has 0 spiro atoms. The van der Waals surface area contributed by atoms with E-state index >= 15 is 0 Å². The van der Waals surface area contributed by atoms with Crippen LogP contribution in [0.4, 0.5) is 8.78 Å². The third kappa shape index (κ3) is 2.19. The Morgan fingerprint density at radius 1 is 1.38 bits per heavy atom. The van der Waals surface area contributed by atoms with Crippen molar-refractivity contribution in [2.24, 2.45) is 0 Å². The number of carbonyl (C=O) groups excluding carboxylic acids is 1. The molecule has 5 heteroatoms. The van der Waals surface area contributed by atoms with Crippen LogP contribution in [0.15, 0.2) is 18.2 Å². The number of hydrogen-bond donors (Lipinski definition) is 2. The van der Waals surface area contributed by atoms with E-state index in [2.05, 4.69) is 10.6 Å². The van der Waals surface area contributed by atoms with Crippen molar-refractivity contribution in [3.63, 3.8) is 0 Å². The van der Waals surface area contributed by atoms with Crippen molar-refractivity contribution in [2.45, 2.75) is 12.5 Å². The molecule has 86 valence electrons. The second-order valence-electron chi connectivity index (χ2n) is 3.76. The summed E-state index contributed by atoms with van der Waals surface area (Å²) in [5, 5.41) is 5.65. The smallest absolute Gasteiger partial charge is 0.257 e. The molecule has 0 aromatic heterocycles. The molecule has 1 fully saturated rings. The van der Waals surface area contributed by atoms with Gasteiger partial charge in [0.2, 0.25) is 0 Å². The predicted molar refractivity (Wildman–Crippen MR) is 55.1 cm³/mol. The van der Waals surface area contributed by atoms with E-state index in [1.165, 1.54) is 6.07 Å². The second-order valence-corrected chi connectivity index (χ2v) is 3.76. The summed E-state index contributed by atoms with van der Waals surface area (Å²) in [6.45, 7) is 1.45. The van der Waals surface area contributed by atoms with Crippen LogP contribution < -0.4 is 10.6 Å². The average molecular weight is 226 g/mol. The minimum atomic E-state index is -0.830. The first-order valence-corrected chi connectivity index (χ1v) is 5.14. The molecule has 16 heavy (non-hydrogen) atoms. The molecule has 1 aliphatic rings. The summed E-state index contributed by atoms with van der Waals surface area (Å²) >= 11 is 0. The summed E-state index contributed by atoms with van der Waals surface area (Å²) in [6, 6.07) is 3.33. The van der Waals surface area contributed by atoms with Crippen molar-refractivity contribution in [1.82, 2.24) is 10.6 Å². The van der Waals surface area contributed by atoms with Gasteiger partial charge in [-0.25, -0.2) is 8.78 Å². The lowest BCUT2D eigenvalue weighted by Gasteiger charge is -2.11. The van der Waals surface area contributed by atoms with E-state index in [4.69, 9.17) is 0 Å². The Balaban J connectivity index is 2.13. The van der Waals surface area contributed by atoms with Crippen molar-refractivity contribution in [2.75, 3.05) is 13.1 Å². The third-order valence-corrected chi connectivity index (χ3v) is 2.59. The molecule has 1 aliphatic heterocycles. The largest absolute Gasteiger partial charge is 0.348 e. The number of hydrogen-bond acceptors (Lipinski definition) is 2. The van der Waals surface area contributed by atoms with Gasteiger partial charge in [0.1, 0.15) is 17.2 Å². The topological polar surface area (TPSA) is 41.1 Å². The van der Waals surface area contributed by atoms with Crippen LogP contribution >= 0.6 is 0 Å². The first-order valence-electron chi connectivity index (χ1n) is 5.14. The molecule has 0 radical (unpaired) electrons. The normalized spacial score (nSPS) is 19.8. The summed E-state index contributed by atoms with van der Waals surface area (Å²) in [6.07, 6.45) is 0.780. The van der Waals surface area contributed by atoms with E-state index < -0.39 is 23.1 Å². The molecule has 0 aliphatic carbocycles. The third-order valence-electron chi connectivity index (χ3n) is 2.59. The SMILES string of the molecule is O=C(N[C@@H]1CCNC1)c1c(F)cccc1F. The Labute approximate surface area is 91.8 Å². The lowest BCUT2D eigenvalue weighted by Crippen LogP contribution is -2.37.